The topological polar surface area (TPSA) is 79.3 Å². The van der Waals surface area contributed by atoms with E-state index in [0.717, 1.165) is 0 Å². The van der Waals surface area contributed by atoms with E-state index in [2.05, 4.69) is 10.3 Å². The van der Waals surface area contributed by atoms with Crippen molar-refractivity contribution in [2.45, 2.75) is 6.42 Å². The number of aromatic nitrogens is 1. The van der Waals surface area contributed by atoms with Gasteiger partial charge in [0.05, 0.1) is 17.0 Å². The van der Waals surface area contributed by atoms with Crippen molar-refractivity contribution >= 4 is 40.9 Å². The quantitative estimate of drug-likeness (QED) is 0.904. The Hall–Kier alpha value is -2.11. The molecule has 0 atom stereocenters. The number of nitrogens with zero attached hydrogens (tertiary/aromatic N) is 1. The molecule has 1 amide bonds. The molecule has 0 saturated carbocycles. The van der Waals surface area contributed by atoms with Crippen LogP contribution in [-0.4, -0.2) is 22.0 Å². The second-order valence-corrected chi connectivity index (χ2v) is 5.00. The number of carbonyl (C=O) groups is 2. The van der Waals surface area contributed by atoms with Crippen molar-refractivity contribution in [1.82, 2.24) is 4.98 Å². The molecule has 7 heteroatoms. The molecule has 0 aliphatic heterocycles. The molecular formula is C14H10Cl2N2O3. The Morgan fingerprint density at radius 3 is 2.57 bits per heavy atom. The predicted molar refractivity (Wildman–Crippen MR) is 80.0 cm³/mol. The molecule has 0 unspecified atom stereocenters. The Labute approximate surface area is 130 Å². The van der Waals surface area contributed by atoms with Gasteiger partial charge in [-0.2, -0.15) is 0 Å². The number of carboxylic acids is 1. The van der Waals surface area contributed by atoms with Gasteiger partial charge >= 0.3 is 5.97 Å². The van der Waals surface area contributed by atoms with Crippen LogP contribution in [0.2, 0.25) is 10.0 Å². The highest BCUT2D eigenvalue weighted by Crippen LogP contribution is 2.21. The summed E-state index contributed by atoms with van der Waals surface area (Å²) in [6.07, 6.45) is 1.24. The summed E-state index contributed by atoms with van der Waals surface area (Å²) in [6, 6.07) is 7.59. The number of pyridine rings is 1. The average molecular weight is 325 g/mol. The number of rotatable bonds is 4. The summed E-state index contributed by atoms with van der Waals surface area (Å²) >= 11 is 11.7. The standard InChI is InChI=1S/C14H10Cl2N2O3/c15-8-4-5-12(17-7-8)18-13(19)6-10-9(14(20)21)2-1-3-11(10)16/h1-5,7H,6H2,(H,20,21)(H,17,18,19). The third-order valence-corrected chi connectivity index (χ3v) is 3.26. The lowest BCUT2D eigenvalue weighted by atomic mass is 10.0. The number of carbonyl (C=O) groups excluding carboxylic acids is 1. The van der Waals surface area contributed by atoms with Gasteiger partial charge in [-0.15, -0.1) is 0 Å². The first kappa shape index (κ1) is 15.3. The lowest BCUT2D eigenvalue weighted by Gasteiger charge is -2.09. The number of benzene rings is 1. The van der Waals surface area contributed by atoms with Crippen LogP contribution in [0.15, 0.2) is 36.5 Å². The summed E-state index contributed by atoms with van der Waals surface area (Å²) < 4.78 is 0. The fraction of sp³-hybridized carbons (Fsp3) is 0.0714. The highest BCUT2D eigenvalue weighted by Gasteiger charge is 2.16. The van der Waals surface area contributed by atoms with Gasteiger partial charge in [0.2, 0.25) is 5.91 Å². The summed E-state index contributed by atoms with van der Waals surface area (Å²) in [5, 5.41) is 12.3. The first-order valence-corrected chi connectivity index (χ1v) is 6.65. The maximum atomic E-state index is 12.0. The highest BCUT2D eigenvalue weighted by atomic mass is 35.5. The molecule has 0 aliphatic rings. The van der Waals surface area contributed by atoms with Crippen LogP contribution < -0.4 is 5.32 Å². The number of hydrogen-bond acceptors (Lipinski definition) is 3. The SMILES string of the molecule is O=C(Cc1c(Cl)cccc1C(=O)O)Nc1ccc(Cl)cn1. The minimum absolute atomic E-state index is 0.00159. The van der Waals surface area contributed by atoms with Crippen molar-refractivity contribution in [3.8, 4) is 0 Å². The Kier molecular flexibility index (Phi) is 4.77. The van der Waals surface area contributed by atoms with Gasteiger partial charge in [0.1, 0.15) is 5.82 Å². The molecule has 2 aromatic rings. The average Bonchev–Trinajstić information content (AvgIpc) is 2.43. The summed E-state index contributed by atoms with van der Waals surface area (Å²) in [5.74, 6) is -1.22. The zero-order valence-corrected chi connectivity index (χ0v) is 12.1. The summed E-state index contributed by atoms with van der Waals surface area (Å²) in [7, 11) is 0. The van der Waals surface area contributed by atoms with Crippen molar-refractivity contribution in [3.05, 3.63) is 57.7 Å². The predicted octanol–water partition coefficient (Wildman–Crippen LogP) is 3.27. The molecule has 5 nitrogen and oxygen atoms in total. The molecule has 0 aliphatic carbocycles. The molecule has 108 valence electrons. The minimum Gasteiger partial charge on any atom is -0.478 e. The van der Waals surface area contributed by atoms with Crippen molar-refractivity contribution in [1.29, 1.82) is 0 Å². The normalized spacial score (nSPS) is 10.2. The lowest BCUT2D eigenvalue weighted by Crippen LogP contribution is -2.17. The van der Waals surface area contributed by atoms with E-state index in [-0.39, 0.29) is 22.6 Å². The van der Waals surface area contributed by atoms with Crippen LogP contribution in [0.25, 0.3) is 0 Å². The van der Waals surface area contributed by atoms with Crippen LogP contribution in [0.4, 0.5) is 5.82 Å². The first-order chi connectivity index (χ1) is 9.97. The van der Waals surface area contributed by atoms with Crippen molar-refractivity contribution in [3.63, 3.8) is 0 Å². The summed E-state index contributed by atoms with van der Waals surface area (Å²) in [4.78, 5) is 27.0. The fourth-order valence-electron chi connectivity index (χ4n) is 1.74. The van der Waals surface area contributed by atoms with Crippen LogP contribution in [0.1, 0.15) is 15.9 Å². The third-order valence-electron chi connectivity index (χ3n) is 2.68. The Morgan fingerprint density at radius 1 is 1.19 bits per heavy atom. The Morgan fingerprint density at radius 2 is 1.95 bits per heavy atom. The maximum absolute atomic E-state index is 12.0. The molecule has 0 saturated heterocycles. The number of amides is 1. The van der Waals surface area contributed by atoms with Gasteiger partial charge in [0, 0.05) is 11.2 Å². The molecule has 1 aromatic carbocycles. The van der Waals surface area contributed by atoms with Gasteiger partial charge in [-0.1, -0.05) is 29.3 Å². The van der Waals surface area contributed by atoms with Gasteiger partial charge in [-0.3, -0.25) is 4.79 Å². The zero-order chi connectivity index (χ0) is 15.4. The van der Waals surface area contributed by atoms with Gasteiger partial charge in [-0.05, 0) is 29.8 Å². The van der Waals surface area contributed by atoms with Crippen molar-refractivity contribution < 1.29 is 14.7 Å². The molecule has 1 aromatic heterocycles. The van der Waals surface area contributed by atoms with Gasteiger partial charge in [0.25, 0.3) is 0 Å². The van der Waals surface area contributed by atoms with Crippen molar-refractivity contribution in [2.75, 3.05) is 5.32 Å². The van der Waals surface area contributed by atoms with E-state index < -0.39 is 11.9 Å². The summed E-state index contributed by atoms with van der Waals surface area (Å²) in [6.45, 7) is 0. The van der Waals surface area contributed by atoms with Crippen LogP contribution in [0, 0.1) is 0 Å². The third kappa shape index (κ3) is 3.93. The van der Waals surface area contributed by atoms with E-state index >= 15 is 0 Å². The number of anilines is 1. The van der Waals surface area contributed by atoms with Gasteiger partial charge < -0.3 is 10.4 Å². The maximum Gasteiger partial charge on any atom is 0.336 e. The number of carboxylic acid groups (broad SMARTS) is 1. The van der Waals surface area contributed by atoms with E-state index in [1.165, 1.54) is 24.4 Å². The van der Waals surface area contributed by atoms with E-state index in [9.17, 15) is 9.59 Å². The van der Waals surface area contributed by atoms with E-state index in [0.29, 0.717) is 10.8 Å². The lowest BCUT2D eigenvalue weighted by molar-refractivity contribution is -0.115. The molecule has 0 fully saturated rings. The minimum atomic E-state index is -1.13. The Balaban J connectivity index is 2.16. The summed E-state index contributed by atoms with van der Waals surface area (Å²) in [5.41, 5.74) is 0.264. The van der Waals surface area contributed by atoms with E-state index in [1.54, 1.807) is 12.1 Å². The first-order valence-electron chi connectivity index (χ1n) is 5.89. The number of hydrogen-bond donors (Lipinski definition) is 2. The van der Waals surface area contributed by atoms with Crippen LogP contribution in [0.5, 0.6) is 0 Å². The molecule has 0 spiro atoms. The van der Waals surface area contributed by atoms with Gasteiger partial charge in [-0.25, -0.2) is 9.78 Å². The van der Waals surface area contributed by atoms with Crippen LogP contribution in [-0.2, 0) is 11.2 Å². The number of nitrogens with one attached hydrogen (secondary N) is 1. The molecule has 1 heterocycles. The number of halogens is 2. The van der Waals surface area contributed by atoms with Crippen LogP contribution >= 0.6 is 23.2 Å². The second-order valence-electron chi connectivity index (χ2n) is 4.16. The molecule has 0 radical (unpaired) electrons. The molecule has 21 heavy (non-hydrogen) atoms. The van der Waals surface area contributed by atoms with E-state index in [4.69, 9.17) is 28.3 Å². The molecular weight excluding hydrogens is 315 g/mol. The van der Waals surface area contributed by atoms with Crippen molar-refractivity contribution in [2.24, 2.45) is 0 Å². The Bertz CT molecular complexity index is 687. The molecule has 2 N–H and O–H groups in total. The second kappa shape index (κ2) is 6.56. The zero-order valence-electron chi connectivity index (χ0n) is 10.6. The molecule has 0 bridgehead atoms. The smallest absolute Gasteiger partial charge is 0.336 e. The monoisotopic (exact) mass is 324 g/mol. The molecule has 2 rings (SSSR count). The van der Waals surface area contributed by atoms with Crippen LogP contribution in [0.3, 0.4) is 0 Å². The number of aromatic carboxylic acids is 1. The highest BCUT2D eigenvalue weighted by molar-refractivity contribution is 6.32. The van der Waals surface area contributed by atoms with E-state index in [1.807, 2.05) is 0 Å². The fourth-order valence-corrected chi connectivity index (χ4v) is 2.09. The largest absolute Gasteiger partial charge is 0.478 e. The van der Waals surface area contributed by atoms with Gasteiger partial charge in [0.15, 0.2) is 0 Å².